The summed E-state index contributed by atoms with van der Waals surface area (Å²) < 4.78 is 10.2. The van der Waals surface area contributed by atoms with E-state index in [4.69, 9.17) is 26.8 Å². The molecule has 0 heterocycles. The second kappa shape index (κ2) is 9.32. The van der Waals surface area contributed by atoms with Crippen LogP contribution in [-0.4, -0.2) is 51.6 Å². The number of esters is 1. The van der Waals surface area contributed by atoms with Gasteiger partial charge in [0.05, 0.1) is 17.8 Å². The lowest BCUT2D eigenvalue weighted by molar-refractivity contribution is -0.133. The van der Waals surface area contributed by atoms with Crippen LogP contribution in [-0.2, 0) is 16.1 Å². The molecule has 0 aliphatic carbocycles. The maximum atomic E-state index is 12.3. The summed E-state index contributed by atoms with van der Waals surface area (Å²) in [4.78, 5) is 28.1. The van der Waals surface area contributed by atoms with E-state index in [0.717, 1.165) is 11.3 Å². The number of rotatable bonds is 7. The number of benzene rings is 2. The van der Waals surface area contributed by atoms with Crippen molar-refractivity contribution in [1.82, 2.24) is 4.90 Å². The Morgan fingerprint density at radius 2 is 1.75 bits per heavy atom. The Labute approximate surface area is 169 Å². The molecular formula is C20H24ClN3O4. The fourth-order valence-corrected chi connectivity index (χ4v) is 2.64. The highest BCUT2D eigenvalue weighted by Crippen LogP contribution is 2.29. The molecular weight excluding hydrogens is 382 g/mol. The minimum atomic E-state index is -0.712. The van der Waals surface area contributed by atoms with Gasteiger partial charge in [-0.3, -0.25) is 4.79 Å². The summed E-state index contributed by atoms with van der Waals surface area (Å²) in [6, 6.07) is 10.6. The van der Waals surface area contributed by atoms with E-state index in [-0.39, 0.29) is 27.9 Å². The highest BCUT2D eigenvalue weighted by molar-refractivity contribution is 6.33. The lowest BCUT2D eigenvalue weighted by atomic mass is 10.2. The molecule has 2 rings (SSSR count). The van der Waals surface area contributed by atoms with E-state index in [2.05, 4.69) is 0 Å². The quantitative estimate of drug-likeness (QED) is 0.563. The summed E-state index contributed by atoms with van der Waals surface area (Å²) in [6.07, 6.45) is 0. The van der Waals surface area contributed by atoms with Crippen LogP contribution in [0.5, 0.6) is 5.75 Å². The summed E-state index contributed by atoms with van der Waals surface area (Å²) in [5.41, 5.74) is 8.13. The fourth-order valence-electron chi connectivity index (χ4n) is 2.47. The van der Waals surface area contributed by atoms with Crippen LogP contribution in [0.2, 0.25) is 5.02 Å². The van der Waals surface area contributed by atoms with Crippen LogP contribution in [0, 0.1) is 0 Å². The first-order valence-electron chi connectivity index (χ1n) is 8.53. The van der Waals surface area contributed by atoms with Crippen molar-refractivity contribution in [2.75, 3.05) is 45.5 Å². The highest BCUT2D eigenvalue weighted by atomic mass is 35.5. The van der Waals surface area contributed by atoms with Gasteiger partial charge < -0.3 is 25.0 Å². The van der Waals surface area contributed by atoms with E-state index in [1.54, 1.807) is 7.05 Å². The van der Waals surface area contributed by atoms with Crippen molar-refractivity contribution in [3.05, 3.63) is 52.5 Å². The second-order valence-corrected chi connectivity index (χ2v) is 6.87. The van der Waals surface area contributed by atoms with E-state index in [9.17, 15) is 9.59 Å². The molecule has 0 bridgehead atoms. The molecule has 150 valence electrons. The fraction of sp³-hybridized carbons (Fsp3) is 0.300. The molecule has 0 aliphatic rings. The number of anilines is 2. The van der Waals surface area contributed by atoms with Crippen molar-refractivity contribution in [2.45, 2.75) is 6.54 Å². The van der Waals surface area contributed by atoms with Gasteiger partial charge in [-0.2, -0.15) is 0 Å². The summed E-state index contributed by atoms with van der Waals surface area (Å²) >= 11 is 5.95. The van der Waals surface area contributed by atoms with E-state index in [1.165, 1.54) is 24.1 Å². The van der Waals surface area contributed by atoms with Gasteiger partial charge in [0.25, 0.3) is 5.91 Å². The molecule has 0 saturated heterocycles. The Bertz CT molecular complexity index is 853. The van der Waals surface area contributed by atoms with Crippen LogP contribution >= 0.6 is 11.6 Å². The van der Waals surface area contributed by atoms with Gasteiger partial charge in [-0.15, -0.1) is 0 Å². The van der Waals surface area contributed by atoms with Crippen molar-refractivity contribution in [3.63, 3.8) is 0 Å². The van der Waals surface area contributed by atoms with E-state index < -0.39 is 12.6 Å². The number of nitrogens with zero attached hydrogens (tertiary/aromatic N) is 2. The van der Waals surface area contributed by atoms with Crippen LogP contribution in [0.1, 0.15) is 15.9 Å². The molecule has 2 N–H and O–H groups in total. The molecule has 2 aromatic rings. The van der Waals surface area contributed by atoms with Crippen LogP contribution in [0.4, 0.5) is 11.4 Å². The Hall–Kier alpha value is -2.93. The third-order valence-electron chi connectivity index (χ3n) is 4.16. The first-order chi connectivity index (χ1) is 13.2. The van der Waals surface area contributed by atoms with Crippen molar-refractivity contribution in [2.24, 2.45) is 0 Å². The van der Waals surface area contributed by atoms with E-state index >= 15 is 0 Å². The number of nitrogens with two attached hydrogens (primary N) is 1. The van der Waals surface area contributed by atoms with Crippen LogP contribution in [0.15, 0.2) is 36.4 Å². The van der Waals surface area contributed by atoms with Crippen molar-refractivity contribution < 1.29 is 19.1 Å². The summed E-state index contributed by atoms with van der Waals surface area (Å²) in [5.74, 6) is -0.810. The normalized spacial score (nSPS) is 10.3. The Morgan fingerprint density at radius 3 is 2.32 bits per heavy atom. The number of nitrogen functional groups attached to an aromatic ring is 1. The van der Waals surface area contributed by atoms with Gasteiger partial charge in [0.2, 0.25) is 0 Å². The maximum absolute atomic E-state index is 12.3. The number of hydrogen-bond donors (Lipinski definition) is 1. The first-order valence-corrected chi connectivity index (χ1v) is 8.91. The van der Waals surface area contributed by atoms with Crippen molar-refractivity contribution in [1.29, 1.82) is 0 Å². The van der Waals surface area contributed by atoms with Gasteiger partial charge >= 0.3 is 5.97 Å². The zero-order valence-corrected chi connectivity index (χ0v) is 17.1. The average molecular weight is 406 g/mol. The predicted molar refractivity (Wildman–Crippen MR) is 110 cm³/mol. The van der Waals surface area contributed by atoms with E-state index in [0.29, 0.717) is 6.54 Å². The second-order valence-electron chi connectivity index (χ2n) is 6.46. The number of hydrogen-bond acceptors (Lipinski definition) is 6. The minimum absolute atomic E-state index is 0.108. The first kappa shape index (κ1) is 21.4. The SMILES string of the molecule is COc1cc(N)c(Cl)cc1C(=O)OCC(=O)N(C)Cc1ccc(N(C)C)cc1. The Balaban J connectivity index is 1.95. The molecule has 0 aromatic heterocycles. The molecule has 8 heteroatoms. The van der Waals surface area contributed by atoms with Gasteiger partial charge in [0.1, 0.15) is 11.3 Å². The predicted octanol–water partition coefficient (Wildman–Crippen LogP) is 2.81. The maximum Gasteiger partial charge on any atom is 0.342 e. The number of carbonyl (C=O) groups excluding carboxylic acids is 2. The molecule has 0 fully saturated rings. The van der Waals surface area contributed by atoms with Gasteiger partial charge in [-0.1, -0.05) is 23.7 Å². The van der Waals surface area contributed by atoms with Crippen molar-refractivity contribution >= 4 is 34.9 Å². The molecule has 0 radical (unpaired) electrons. The molecule has 0 unspecified atom stereocenters. The topological polar surface area (TPSA) is 85.1 Å². The highest BCUT2D eigenvalue weighted by Gasteiger charge is 2.19. The van der Waals surface area contributed by atoms with Gasteiger partial charge in [-0.05, 0) is 23.8 Å². The molecule has 28 heavy (non-hydrogen) atoms. The van der Waals surface area contributed by atoms with Crippen LogP contribution in [0.3, 0.4) is 0 Å². The monoisotopic (exact) mass is 405 g/mol. The summed E-state index contributed by atoms with van der Waals surface area (Å²) in [5, 5.41) is 0.206. The zero-order valence-electron chi connectivity index (χ0n) is 16.4. The van der Waals surface area contributed by atoms with E-state index in [1.807, 2.05) is 43.3 Å². The smallest absolute Gasteiger partial charge is 0.342 e. The third-order valence-corrected chi connectivity index (χ3v) is 4.49. The minimum Gasteiger partial charge on any atom is -0.496 e. The number of likely N-dealkylation sites (N-methyl/N-ethyl adjacent to an activating group) is 1. The molecule has 1 amide bonds. The summed E-state index contributed by atoms with van der Waals surface area (Å²) in [7, 11) is 6.97. The number of amides is 1. The number of carbonyl (C=O) groups is 2. The number of ether oxygens (including phenoxy) is 2. The van der Waals surface area contributed by atoms with Crippen molar-refractivity contribution in [3.8, 4) is 5.75 Å². The standard InChI is InChI=1S/C20H24ClN3O4/c1-23(2)14-7-5-13(6-8-14)11-24(3)19(25)12-28-20(26)15-9-16(21)17(22)10-18(15)27-4/h5-10H,11-12,22H2,1-4H3. The molecule has 2 aromatic carbocycles. The van der Waals surface area contributed by atoms with Gasteiger partial charge in [0, 0.05) is 39.4 Å². The largest absolute Gasteiger partial charge is 0.496 e. The van der Waals surface area contributed by atoms with Crippen LogP contribution < -0.4 is 15.4 Å². The summed E-state index contributed by atoms with van der Waals surface area (Å²) in [6.45, 7) is 0.0113. The number of halogens is 1. The third kappa shape index (κ3) is 5.29. The molecule has 0 aliphatic heterocycles. The zero-order chi connectivity index (χ0) is 20.8. The lowest BCUT2D eigenvalue weighted by Crippen LogP contribution is -2.30. The number of methoxy groups -OCH3 is 1. The average Bonchev–Trinajstić information content (AvgIpc) is 2.67. The molecule has 0 spiro atoms. The van der Waals surface area contributed by atoms with Crippen LogP contribution in [0.25, 0.3) is 0 Å². The molecule has 0 saturated carbocycles. The van der Waals surface area contributed by atoms with Gasteiger partial charge in [0.15, 0.2) is 6.61 Å². The molecule has 0 atom stereocenters. The molecule has 7 nitrogen and oxygen atoms in total. The van der Waals surface area contributed by atoms with Gasteiger partial charge in [-0.25, -0.2) is 4.79 Å². The Morgan fingerprint density at radius 1 is 1.11 bits per heavy atom. The lowest BCUT2D eigenvalue weighted by Gasteiger charge is -2.18. The Kier molecular flexibility index (Phi) is 7.12.